The van der Waals surface area contributed by atoms with Crippen molar-refractivity contribution in [3.05, 3.63) is 0 Å². The normalized spacial score (nSPS) is 21.5. The van der Waals surface area contributed by atoms with Gasteiger partial charge in [-0.2, -0.15) is 0 Å². The first-order chi connectivity index (χ1) is 10.4. The van der Waals surface area contributed by atoms with Crippen LogP contribution in [0.4, 0.5) is 0 Å². The average Bonchev–Trinajstić information content (AvgIpc) is 2.48. The number of carboxylic acid groups (broad SMARTS) is 1. The molecule has 2 amide bonds. The number of rotatable bonds is 7. The van der Waals surface area contributed by atoms with E-state index in [-0.39, 0.29) is 17.9 Å². The van der Waals surface area contributed by atoms with Crippen LogP contribution in [0.2, 0.25) is 0 Å². The van der Waals surface area contributed by atoms with Crippen molar-refractivity contribution in [1.82, 2.24) is 9.80 Å². The molecule has 0 aromatic rings. The second-order valence-corrected chi connectivity index (χ2v) is 5.93. The van der Waals surface area contributed by atoms with Gasteiger partial charge in [0.2, 0.25) is 11.8 Å². The average molecular weight is 312 g/mol. The Morgan fingerprint density at radius 3 is 2.32 bits per heavy atom. The Labute approximate surface area is 132 Å². The lowest BCUT2D eigenvalue weighted by atomic mass is 9.93. The Morgan fingerprint density at radius 2 is 1.77 bits per heavy atom. The molecule has 1 aliphatic rings. The summed E-state index contributed by atoms with van der Waals surface area (Å²) in [4.78, 5) is 38.7. The first-order valence-electron chi connectivity index (χ1n) is 8.20. The molecule has 0 aromatic carbocycles. The molecule has 1 heterocycles. The van der Waals surface area contributed by atoms with Crippen molar-refractivity contribution < 1.29 is 19.5 Å². The Balaban J connectivity index is 2.43. The number of hydrogen-bond acceptors (Lipinski definition) is 3. The van der Waals surface area contributed by atoms with Crippen molar-refractivity contribution in [3.63, 3.8) is 0 Å². The molecule has 2 atom stereocenters. The van der Waals surface area contributed by atoms with Gasteiger partial charge in [0.15, 0.2) is 0 Å². The van der Waals surface area contributed by atoms with Crippen LogP contribution in [-0.2, 0) is 14.4 Å². The first-order valence-corrected chi connectivity index (χ1v) is 8.20. The van der Waals surface area contributed by atoms with E-state index in [2.05, 4.69) is 0 Å². The first kappa shape index (κ1) is 18.5. The molecule has 0 aliphatic carbocycles. The summed E-state index contributed by atoms with van der Waals surface area (Å²) in [6.45, 7) is 7.50. The van der Waals surface area contributed by atoms with Gasteiger partial charge in [-0.1, -0.05) is 0 Å². The van der Waals surface area contributed by atoms with E-state index < -0.39 is 11.9 Å². The number of amides is 2. The quantitative estimate of drug-likeness (QED) is 0.776. The van der Waals surface area contributed by atoms with E-state index in [1.54, 1.807) is 9.80 Å². The van der Waals surface area contributed by atoms with Crippen molar-refractivity contribution in [2.45, 2.75) is 58.9 Å². The van der Waals surface area contributed by atoms with Crippen LogP contribution in [0.1, 0.15) is 52.9 Å². The predicted molar refractivity (Wildman–Crippen MR) is 83.3 cm³/mol. The standard InChI is InChI=1S/C16H28N2O4/c1-4-17(5-2)14(19)7-6-8-15(20)18-11-13(16(21)22)10-9-12(18)3/h12-13H,4-11H2,1-3H3,(H,21,22). The molecule has 22 heavy (non-hydrogen) atoms. The highest BCUT2D eigenvalue weighted by molar-refractivity contribution is 5.80. The van der Waals surface area contributed by atoms with Crippen molar-refractivity contribution in [2.75, 3.05) is 19.6 Å². The van der Waals surface area contributed by atoms with Crippen LogP contribution >= 0.6 is 0 Å². The molecular weight excluding hydrogens is 284 g/mol. The maximum atomic E-state index is 12.3. The van der Waals surface area contributed by atoms with E-state index in [1.165, 1.54) is 0 Å². The van der Waals surface area contributed by atoms with Gasteiger partial charge in [0.1, 0.15) is 0 Å². The van der Waals surface area contributed by atoms with Gasteiger partial charge in [-0.25, -0.2) is 0 Å². The summed E-state index contributed by atoms with van der Waals surface area (Å²) < 4.78 is 0. The molecular formula is C16H28N2O4. The van der Waals surface area contributed by atoms with Gasteiger partial charge in [-0.15, -0.1) is 0 Å². The zero-order chi connectivity index (χ0) is 16.7. The van der Waals surface area contributed by atoms with Crippen molar-refractivity contribution in [1.29, 1.82) is 0 Å². The minimum absolute atomic E-state index is 0.0363. The molecule has 0 aromatic heterocycles. The summed E-state index contributed by atoms with van der Waals surface area (Å²) in [6, 6.07) is 0.0848. The molecule has 0 saturated carbocycles. The third-order valence-corrected chi connectivity index (χ3v) is 4.45. The van der Waals surface area contributed by atoms with E-state index in [4.69, 9.17) is 5.11 Å². The lowest BCUT2D eigenvalue weighted by molar-refractivity contribution is -0.147. The molecule has 2 unspecified atom stereocenters. The van der Waals surface area contributed by atoms with Gasteiger partial charge < -0.3 is 14.9 Å². The van der Waals surface area contributed by atoms with E-state index in [9.17, 15) is 14.4 Å². The van der Waals surface area contributed by atoms with Crippen LogP contribution in [0, 0.1) is 5.92 Å². The van der Waals surface area contributed by atoms with Crippen molar-refractivity contribution in [3.8, 4) is 0 Å². The minimum Gasteiger partial charge on any atom is -0.481 e. The van der Waals surface area contributed by atoms with Crippen LogP contribution in [0.15, 0.2) is 0 Å². The second kappa shape index (κ2) is 8.76. The van der Waals surface area contributed by atoms with Gasteiger partial charge in [-0.3, -0.25) is 14.4 Å². The number of carboxylic acids is 1. The van der Waals surface area contributed by atoms with Crippen LogP contribution in [0.3, 0.4) is 0 Å². The maximum Gasteiger partial charge on any atom is 0.308 e. The lowest BCUT2D eigenvalue weighted by Crippen LogP contribution is -2.47. The highest BCUT2D eigenvalue weighted by Crippen LogP contribution is 2.23. The Kier molecular flexibility index (Phi) is 7.35. The fourth-order valence-corrected chi connectivity index (χ4v) is 2.92. The highest BCUT2D eigenvalue weighted by atomic mass is 16.4. The number of likely N-dealkylation sites (tertiary alicyclic amines) is 1. The van der Waals surface area contributed by atoms with Crippen LogP contribution in [-0.4, -0.2) is 58.4 Å². The van der Waals surface area contributed by atoms with Gasteiger partial charge in [0, 0.05) is 38.5 Å². The molecule has 0 radical (unpaired) electrons. The molecule has 6 heteroatoms. The summed E-state index contributed by atoms with van der Waals surface area (Å²) in [6.07, 6.45) is 2.55. The molecule has 6 nitrogen and oxygen atoms in total. The molecule has 1 rings (SSSR count). The number of nitrogens with zero attached hydrogens (tertiary/aromatic N) is 2. The maximum absolute atomic E-state index is 12.3. The Bertz CT molecular complexity index is 407. The van der Waals surface area contributed by atoms with Gasteiger partial charge >= 0.3 is 5.97 Å². The molecule has 0 spiro atoms. The monoisotopic (exact) mass is 312 g/mol. The van der Waals surface area contributed by atoms with Crippen molar-refractivity contribution >= 4 is 17.8 Å². The second-order valence-electron chi connectivity index (χ2n) is 5.93. The van der Waals surface area contributed by atoms with Crippen LogP contribution in [0.5, 0.6) is 0 Å². The molecule has 126 valence electrons. The SMILES string of the molecule is CCN(CC)C(=O)CCCC(=O)N1CC(C(=O)O)CCC1C. The largest absolute Gasteiger partial charge is 0.481 e. The zero-order valence-electron chi connectivity index (χ0n) is 13.9. The lowest BCUT2D eigenvalue weighted by Gasteiger charge is -2.36. The smallest absolute Gasteiger partial charge is 0.308 e. The topological polar surface area (TPSA) is 77.9 Å². The summed E-state index contributed by atoms with van der Waals surface area (Å²) in [5.41, 5.74) is 0. The van der Waals surface area contributed by atoms with Crippen LogP contribution in [0.25, 0.3) is 0 Å². The predicted octanol–water partition coefficient (Wildman–Crippen LogP) is 1.74. The van der Waals surface area contributed by atoms with E-state index in [0.29, 0.717) is 45.3 Å². The summed E-state index contributed by atoms with van der Waals surface area (Å²) in [7, 11) is 0. The molecule has 0 bridgehead atoms. The van der Waals surface area contributed by atoms with Crippen molar-refractivity contribution in [2.24, 2.45) is 5.92 Å². The fraction of sp³-hybridized carbons (Fsp3) is 0.812. The van der Waals surface area contributed by atoms with E-state index in [0.717, 1.165) is 6.42 Å². The third-order valence-electron chi connectivity index (χ3n) is 4.45. The fourth-order valence-electron chi connectivity index (χ4n) is 2.92. The summed E-state index contributed by atoms with van der Waals surface area (Å²) in [5, 5.41) is 9.10. The van der Waals surface area contributed by atoms with Gasteiger partial charge in [-0.05, 0) is 40.0 Å². The number of carbonyl (C=O) groups is 3. The summed E-state index contributed by atoms with van der Waals surface area (Å²) in [5.74, 6) is -1.25. The molecule has 1 N–H and O–H groups in total. The molecule has 1 saturated heterocycles. The van der Waals surface area contributed by atoms with Crippen LogP contribution < -0.4 is 0 Å². The number of aliphatic carboxylic acids is 1. The van der Waals surface area contributed by atoms with E-state index in [1.807, 2.05) is 20.8 Å². The molecule has 1 aliphatic heterocycles. The number of piperidine rings is 1. The summed E-state index contributed by atoms with van der Waals surface area (Å²) >= 11 is 0. The zero-order valence-corrected chi connectivity index (χ0v) is 13.9. The Morgan fingerprint density at radius 1 is 1.14 bits per heavy atom. The Hall–Kier alpha value is -1.59. The minimum atomic E-state index is -0.832. The molecule has 1 fully saturated rings. The van der Waals surface area contributed by atoms with E-state index >= 15 is 0 Å². The third kappa shape index (κ3) is 5.00. The highest BCUT2D eigenvalue weighted by Gasteiger charge is 2.32. The number of carbonyl (C=O) groups excluding carboxylic acids is 2. The van der Waals surface area contributed by atoms with Gasteiger partial charge in [0.25, 0.3) is 0 Å². The van der Waals surface area contributed by atoms with Gasteiger partial charge in [0.05, 0.1) is 5.92 Å². The number of hydrogen-bond donors (Lipinski definition) is 1.